The molecule has 0 unspecified atom stereocenters. The maximum Gasteiger partial charge on any atom is 0.272 e. The number of nitrogens with zero attached hydrogens (tertiary/aromatic N) is 2. The van der Waals surface area contributed by atoms with Gasteiger partial charge in [-0.25, -0.2) is 0 Å². The molecule has 0 atom stereocenters. The fourth-order valence-electron chi connectivity index (χ4n) is 2.79. The van der Waals surface area contributed by atoms with Gasteiger partial charge >= 0.3 is 0 Å². The Labute approximate surface area is 149 Å². The minimum absolute atomic E-state index is 0.0498. The van der Waals surface area contributed by atoms with E-state index < -0.39 is 0 Å². The Kier molecular flexibility index (Phi) is 5.25. The number of nitrogens with one attached hydrogen (secondary N) is 1. The van der Waals surface area contributed by atoms with Gasteiger partial charge in [-0.05, 0) is 53.0 Å². The zero-order valence-corrected chi connectivity index (χ0v) is 14.7. The largest absolute Gasteiger partial charge is 0.349 e. The van der Waals surface area contributed by atoms with E-state index in [1.165, 1.54) is 0 Å². The van der Waals surface area contributed by atoms with Crippen LogP contribution in [0.25, 0.3) is 0 Å². The second-order valence-electron chi connectivity index (χ2n) is 5.73. The first-order chi connectivity index (χ1) is 11.6. The van der Waals surface area contributed by atoms with Gasteiger partial charge in [-0.2, -0.15) is 0 Å². The van der Waals surface area contributed by atoms with Crippen LogP contribution in [0.15, 0.2) is 53.1 Å². The van der Waals surface area contributed by atoms with Gasteiger partial charge in [0, 0.05) is 29.8 Å². The van der Waals surface area contributed by atoms with Crippen molar-refractivity contribution >= 4 is 27.7 Å². The first-order valence-corrected chi connectivity index (χ1v) is 8.70. The van der Waals surface area contributed by atoms with Crippen LogP contribution in [-0.4, -0.2) is 40.8 Å². The second-order valence-corrected chi connectivity index (χ2v) is 6.59. The molecule has 1 aliphatic rings. The SMILES string of the molecule is O=C(NC1CCN(C(=O)c2ccccn2)CC1)c1ccccc1Br. The maximum absolute atomic E-state index is 12.4. The summed E-state index contributed by atoms with van der Waals surface area (Å²) in [7, 11) is 0. The first kappa shape index (κ1) is 16.6. The minimum Gasteiger partial charge on any atom is -0.349 e. The van der Waals surface area contributed by atoms with E-state index in [1.807, 2.05) is 24.3 Å². The van der Waals surface area contributed by atoms with Gasteiger partial charge in [0.05, 0.1) is 5.56 Å². The number of rotatable bonds is 3. The van der Waals surface area contributed by atoms with E-state index in [0.717, 1.165) is 17.3 Å². The van der Waals surface area contributed by atoms with Crippen LogP contribution in [-0.2, 0) is 0 Å². The molecule has 1 fully saturated rings. The van der Waals surface area contributed by atoms with Gasteiger partial charge in [0.15, 0.2) is 0 Å². The lowest BCUT2D eigenvalue weighted by atomic mass is 10.0. The number of aromatic nitrogens is 1. The Morgan fingerprint density at radius 2 is 1.79 bits per heavy atom. The molecule has 2 heterocycles. The van der Waals surface area contributed by atoms with Crippen LogP contribution in [0, 0.1) is 0 Å². The van der Waals surface area contributed by atoms with E-state index in [1.54, 1.807) is 29.3 Å². The monoisotopic (exact) mass is 387 g/mol. The molecule has 2 amide bonds. The van der Waals surface area contributed by atoms with Crippen LogP contribution in [0.5, 0.6) is 0 Å². The first-order valence-electron chi connectivity index (χ1n) is 7.91. The Morgan fingerprint density at radius 1 is 1.08 bits per heavy atom. The lowest BCUT2D eigenvalue weighted by Gasteiger charge is -2.32. The zero-order valence-electron chi connectivity index (χ0n) is 13.1. The molecule has 124 valence electrons. The summed E-state index contributed by atoms with van der Waals surface area (Å²) in [6.07, 6.45) is 3.11. The molecule has 24 heavy (non-hydrogen) atoms. The van der Waals surface area contributed by atoms with Crippen LogP contribution in [0.1, 0.15) is 33.7 Å². The molecular weight excluding hydrogens is 370 g/mol. The number of carbonyl (C=O) groups excluding carboxylic acids is 2. The average molecular weight is 388 g/mol. The molecule has 1 saturated heterocycles. The lowest BCUT2D eigenvalue weighted by Crippen LogP contribution is -2.46. The van der Waals surface area contributed by atoms with Crippen LogP contribution in [0.3, 0.4) is 0 Å². The van der Waals surface area contributed by atoms with Gasteiger partial charge in [-0.3, -0.25) is 14.6 Å². The van der Waals surface area contributed by atoms with Crippen molar-refractivity contribution in [2.24, 2.45) is 0 Å². The quantitative estimate of drug-likeness (QED) is 0.880. The van der Waals surface area contributed by atoms with Crippen molar-refractivity contribution in [2.75, 3.05) is 13.1 Å². The lowest BCUT2D eigenvalue weighted by molar-refractivity contribution is 0.0692. The Bertz CT molecular complexity index is 728. The molecule has 0 bridgehead atoms. The summed E-state index contributed by atoms with van der Waals surface area (Å²) in [6, 6.07) is 12.8. The number of halogens is 1. The topological polar surface area (TPSA) is 62.3 Å². The molecule has 5 nitrogen and oxygen atoms in total. The Morgan fingerprint density at radius 3 is 2.46 bits per heavy atom. The summed E-state index contributed by atoms with van der Waals surface area (Å²) in [6.45, 7) is 1.24. The van der Waals surface area contributed by atoms with Crippen LogP contribution in [0.4, 0.5) is 0 Å². The van der Waals surface area contributed by atoms with Crippen molar-refractivity contribution in [1.82, 2.24) is 15.2 Å². The van der Waals surface area contributed by atoms with E-state index >= 15 is 0 Å². The predicted molar refractivity (Wildman–Crippen MR) is 94.8 cm³/mol. The number of hydrogen-bond acceptors (Lipinski definition) is 3. The van der Waals surface area contributed by atoms with Crippen molar-refractivity contribution in [2.45, 2.75) is 18.9 Å². The molecule has 1 aromatic heterocycles. The highest BCUT2D eigenvalue weighted by Gasteiger charge is 2.25. The Balaban J connectivity index is 1.55. The predicted octanol–water partition coefficient (Wildman–Crippen LogP) is 2.88. The molecule has 0 spiro atoms. The number of hydrogen-bond donors (Lipinski definition) is 1. The van der Waals surface area contributed by atoms with Crippen molar-refractivity contribution in [1.29, 1.82) is 0 Å². The second kappa shape index (κ2) is 7.57. The smallest absolute Gasteiger partial charge is 0.272 e. The standard InChI is InChI=1S/C18H18BrN3O2/c19-15-6-2-1-5-14(15)17(23)21-13-8-11-22(12-9-13)18(24)16-7-3-4-10-20-16/h1-7,10,13H,8-9,11-12H2,(H,21,23). The molecule has 0 aliphatic carbocycles. The summed E-state index contributed by atoms with van der Waals surface area (Å²) >= 11 is 3.40. The highest BCUT2D eigenvalue weighted by molar-refractivity contribution is 9.10. The number of likely N-dealkylation sites (tertiary alicyclic amines) is 1. The number of carbonyl (C=O) groups is 2. The fourth-order valence-corrected chi connectivity index (χ4v) is 3.25. The third-order valence-electron chi connectivity index (χ3n) is 4.12. The highest BCUT2D eigenvalue weighted by atomic mass is 79.9. The number of benzene rings is 1. The number of amides is 2. The Hall–Kier alpha value is -2.21. The maximum atomic E-state index is 12.4. The summed E-state index contributed by atoms with van der Waals surface area (Å²) in [5, 5.41) is 3.05. The molecule has 1 aromatic carbocycles. The van der Waals surface area contributed by atoms with E-state index in [9.17, 15) is 9.59 Å². The van der Waals surface area contributed by atoms with Gasteiger partial charge in [0.1, 0.15) is 5.69 Å². The van der Waals surface area contributed by atoms with E-state index in [2.05, 4.69) is 26.2 Å². The van der Waals surface area contributed by atoms with Crippen molar-refractivity contribution in [3.05, 3.63) is 64.4 Å². The normalized spacial score (nSPS) is 15.1. The molecule has 3 rings (SSSR count). The van der Waals surface area contributed by atoms with Gasteiger partial charge in [-0.1, -0.05) is 18.2 Å². The molecule has 1 N–H and O–H groups in total. The van der Waals surface area contributed by atoms with Crippen molar-refractivity contribution < 1.29 is 9.59 Å². The van der Waals surface area contributed by atoms with Crippen LogP contribution in [0.2, 0.25) is 0 Å². The van der Waals surface area contributed by atoms with E-state index in [4.69, 9.17) is 0 Å². The van der Waals surface area contributed by atoms with Crippen molar-refractivity contribution in [3.8, 4) is 0 Å². The molecule has 0 radical (unpaired) electrons. The fraction of sp³-hybridized carbons (Fsp3) is 0.278. The van der Waals surface area contributed by atoms with Crippen LogP contribution >= 0.6 is 15.9 Å². The van der Waals surface area contributed by atoms with E-state index in [0.29, 0.717) is 24.3 Å². The summed E-state index contributed by atoms with van der Waals surface area (Å²) in [5.41, 5.74) is 1.10. The molecule has 1 aliphatic heterocycles. The molecule has 2 aromatic rings. The zero-order chi connectivity index (χ0) is 16.9. The number of piperidine rings is 1. The molecule has 6 heteroatoms. The highest BCUT2D eigenvalue weighted by Crippen LogP contribution is 2.18. The summed E-state index contributed by atoms with van der Waals surface area (Å²) in [5.74, 6) is -0.136. The van der Waals surface area contributed by atoms with Crippen LogP contribution < -0.4 is 5.32 Å². The van der Waals surface area contributed by atoms with E-state index in [-0.39, 0.29) is 17.9 Å². The van der Waals surface area contributed by atoms with Gasteiger partial charge in [-0.15, -0.1) is 0 Å². The van der Waals surface area contributed by atoms with Gasteiger partial charge in [0.2, 0.25) is 0 Å². The minimum atomic E-state index is -0.0861. The summed E-state index contributed by atoms with van der Waals surface area (Å²) in [4.78, 5) is 30.6. The average Bonchev–Trinajstić information content (AvgIpc) is 2.63. The van der Waals surface area contributed by atoms with Crippen molar-refractivity contribution in [3.63, 3.8) is 0 Å². The molecular formula is C18H18BrN3O2. The summed E-state index contributed by atoms with van der Waals surface area (Å²) < 4.78 is 0.783. The third-order valence-corrected chi connectivity index (χ3v) is 4.81. The van der Waals surface area contributed by atoms with Gasteiger partial charge in [0.25, 0.3) is 11.8 Å². The molecule has 0 saturated carbocycles. The van der Waals surface area contributed by atoms with Gasteiger partial charge < -0.3 is 10.2 Å². The number of pyridine rings is 1. The third kappa shape index (κ3) is 3.82.